The highest BCUT2D eigenvalue weighted by atomic mass is 35.5. The molecular weight excluding hydrogens is 260 g/mol. The first-order valence-corrected chi connectivity index (χ1v) is 5.74. The summed E-state index contributed by atoms with van der Waals surface area (Å²) in [4.78, 5) is 30.3. The summed E-state index contributed by atoms with van der Waals surface area (Å²) in [6, 6.07) is 0. The lowest BCUT2D eigenvalue weighted by Crippen LogP contribution is -2.27. The fourth-order valence-corrected chi connectivity index (χ4v) is 1.35. The van der Waals surface area contributed by atoms with Gasteiger partial charge in [0.25, 0.3) is 0 Å². The predicted octanol–water partition coefficient (Wildman–Crippen LogP) is 1.64. The highest BCUT2D eigenvalue weighted by Crippen LogP contribution is 2.18. The third-order valence-electron chi connectivity index (χ3n) is 2.29. The molecule has 6 nitrogen and oxygen atoms in total. The number of hydrogen-bond acceptors (Lipinski definition) is 5. The average molecular weight is 273 g/mol. The zero-order valence-electron chi connectivity index (χ0n) is 9.96. The number of halogens is 1. The largest absolute Gasteiger partial charge is 0.480 e. The third-order valence-corrected chi connectivity index (χ3v) is 2.48. The number of aromatic nitrogens is 2. The Labute approximate surface area is 109 Å². The second-order valence-corrected chi connectivity index (χ2v) is 4.08. The minimum Gasteiger partial charge on any atom is -0.480 e. The van der Waals surface area contributed by atoms with Crippen LogP contribution in [0.15, 0.2) is 12.4 Å². The van der Waals surface area contributed by atoms with Crippen LogP contribution in [0.25, 0.3) is 0 Å². The van der Waals surface area contributed by atoms with Crippen LogP contribution in [0.5, 0.6) is 0 Å². The molecule has 0 bridgehead atoms. The quantitative estimate of drug-likeness (QED) is 0.647. The number of carbonyl (C=O) groups is 2. The Morgan fingerprint density at radius 3 is 2.67 bits per heavy atom. The van der Waals surface area contributed by atoms with Gasteiger partial charge in [-0.05, 0) is 13.3 Å². The van der Waals surface area contributed by atoms with E-state index in [4.69, 9.17) is 21.4 Å². The fraction of sp³-hybridized carbons (Fsp3) is 0.455. The maximum Gasteiger partial charge on any atom is 0.326 e. The van der Waals surface area contributed by atoms with Gasteiger partial charge < -0.3 is 9.84 Å². The van der Waals surface area contributed by atoms with Crippen LogP contribution in [0.2, 0.25) is 5.15 Å². The molecule has 1 heterocycles. The summed E-state index contributed by atoms with van der Waals surface area (Å²) in [6.45, 7) is 3.51. The summed E-state index contributed by atoms with van der Waals surface area (Å²) in [5, 5.41) is 9.09. The topological polar surface area (TPSA) is 89.4 Å². The number of esters is 1. The van der Waals surface area contributed by atoms with E-state index < -0.39 is 17.9 Å². The molecule has 18 heavy (non-hydrogen) atoms. The summed E-state index contributed by atoms with van der Waals surface area (Å²) >= 11 is 5.61. The van der Waals surface area contributed by atoms with Crippen molar-refractivity contribution in [1.82, 2.24) is 9.97 Å². The second kappa shape index (κ2) is 6.30. The van der Waals surface area contributed by atoms with Crippen molar-refractivity contribution in [2.24, 2.45) is 0 Å². The molecule has 1 rings (SSSR count). The van der Waals surface area contributed by atoms with Crippen molar-refractivity contribution in [2.45, 2.75) is 32.3 Å². The van der Waals surface area contributed by atoms with Gasteiger partial charge in [0.2, 0.25) is 0 Å². The van der Waals surface area contributed by atoms with Crippen LogP contribution in [0.4, 0.5) is 0 Å². The predicted molar refractivity (Wildman–Crippen MR) is 63.3 cm³/mol. The summed E-state index contributed by atoms with van der Waals surface area (Å²) in [6.07, 6.45) is 2.68. The Hall–Kier alpha value is -1.69. The summed E-state index contributed by atoms with van der Waals surface area (Å²) in [5.74, 6) is -3.72. The molecule has 0 radical (unpaired) electrons. The molecule has 0 saturated heterocycles. The molecule has 1 aromatic heterocycles. The van der Waals surface area contributed by atoms with Crippen molar-refractivity contribution in [2.75, 3.05) is 0 Å². The van der Waals surface area contributed by atoms with Crippen molar-refractivity contribution < 1.29 is 19.4 Å². The van der Waals surface area contributed by atoms with E-state index in [0.29, 0.717) is 6.42 Å². The van der Waals surface area contributed by atoms with Gasteiger partial charge >= 0.3 is 11.9 Å². The molecule has 0 aliphatic rings. The molecule has 0 saturated carbocycles. The molecule has 7 heteroatoms. The first-order chi connectivity index (χ1) is 8.45. The van der Waals surface area contributed by atoms with Crippen molar-refractivity contribution in [3.63, 3.8) is 0 Å². The highest BCUT2D eigenvalue weighted by molar-refractivity contribution is 6.29. The van der Waals surface area contributed by atoms with E-state index in [2.05, 4.69) is 9.97 Å². The van der Waals surface area contributed by atoms with Crippen LogP contribution < -0.4 is 0 Å². The Morgan fingerprint density at radius 1 is 1.50 bits per heavy atom. The zero-order valence-corrected chi connectivity index (χ0v) is 10.7. The number of aliphatic carboxylic acids is 1. The maximum absolute atomic E-state index is 11.8. The molecular formula is C11H13ClN2O4. The molecule has 0 spiro atoms. The number of carbonyl (C=O) groups excluding carboxylic acids is 1. The van der Waals surface area contributed by atoms with Crippen LogP contribution in [-0.4, -0.2) is 33.1 Å². The van der Waals surface area contributed by atoms with Crippen LogP contribution in [-0.2, 0) is 14.3 Å². The molecule has 0 amide bonds. The number of hydrogen-bond donors (Lipinski definition) is 1. The van der Waals surface area contributed by atoms with E-state index in [1.165, 1.54) is 12.4 Å². The lowest BCUT2D eigenvalue weighted by atomic mass is 10.1. The monoisotopic (exact) mass is 272 g/mol. The standard InChI is InChI=1S/C11H13ClN2O4/c1-3-6(2)18-11(17)9(10(15)16)7-4-13-5-8(12)14-7/h4-6,9H,3H2,1-2H3,(H,15,16). The van der Waals surface area contributed by atoms with Gasteiger partial charge in [0, 0.05) is 6.20 Å². The average Bonchev–Trinajstić information content (AvgIpc) is 2.28. The molecule has 0 aromatic carbocycles. The molecule has 98 valence electrons. The van der Waals surface area contributed by atoms with Crippen molar-refractivity contribution in [3.05, 3.63) is 23.2 Å². The van der Waals surface area contributed by atoms with Gasteiger partial charge in [0.15, 0.2) is 5.92 Å². The van der Waals surface area contributed by atoms with Gasteiger partial charge in [-0.3, -0.25) is 14.6 Å². The molecule has 0 fully saturated rings. The van der Waals surface area contributed by atoms with E-state index in [1.54, 1.807) is 6.92 Å². The highest BCUT2D eigenvalue weighted by Gasteiger charge is 2.32. The van der Waals surface area contributed by atoms with Gasteiger partial charge in [-0.25, -0.2) is 4.98 Å². The molecule has 2 unspecified atom stereocenters. The van der Waals surface area contributed by atoms with E-state index in [-0.39, 0.29) is 17.0 Å². The van der Waals surface area contributed by atoms with Gasteiger partial charge in [-0.15, -0.1) is 0 Å². The minimum atomic E-state index is -1.51. The zero-order chi connectivity index (χ0) is 13.7. The summed E-state index contributed by atoms with van der Waals surface area (Å²) in [5.41, 5.74) is -0.0386. The van der Waals surface area contributed by atoms with E-state index in [0.717, 1.165) is 0 Å². The lowest BCUT2D eigenvalue weighted by molar-refractivity contribution is -0.157. The van der Waals surface area contributed by atoms with Crippen molar-refractivity contribution >= 4 is 23.5 Å². The maximum atomic E-state index is 11.8. The number of carboxylic acids is 1. The van der Waals surface area contributed by atoms with Crippen LogP contribution in [0.3, 0.4) is 0 Å². The Bertz CT molecular complexity index is 452. The molecule has 2 atom stereocenters. The molecule has 0 aliphatic carbocycles. The minimum absolute atomic E-state index is 0.0232. The molecule has 1 N–H and O–H groups in total. The summed E-state index contributed by atoms with van der Waals surface area (Å²) in [7, 11) is 0. The van der Waals surface area contributed by atoms with E-state index >= 15 is 0 Å². The second-order valence-electron chi connectivity index (χ2n) is 3.69. The number of carboxylic acid groups (broad SMARTS) is 1. The third kappa shape index (κ3) is 3.66. The first kappa shape index (κ1) is 14.4. The van der Waals surface area contributed by atoms with Crippen LogP contribution in [0, 0.1) is 0 Å². The molecule has 0 aliphatic heterocycles. The van der Waals surface area contributed by atoms with Crippen LogP contribution >= 0.6 is 11.6 Å². The smallest absolute Gasteiger partial charge is 0.326 e. The molecule has 1 aromatic rings. The van der Waals surface area contributed by atoms with E-state index in [9.17, 15) is 9.59 Å². The number of rotatable bonds is 5. The first-order valence-electron chi connectivity index (χ1n) is 5.36. The Balaban J connectivity index is 2.96. The summed E-state index contributed by atoms with van der Waals surface area (Å²) < 4.78 is 4.99. The number of nitrogens with zero attached hydrogens (tertiary/aromatic N) is 2. The number of ether oxygens (including phenoxy) is 1. The van der Waals surface area contributed by atoms with Crippen molar-refractivity contribution in [1.29, 1.82) is 0 Å². The van der Waals surface area contributed by atoms with E-state index in [1.807, 2.05) is 6.92 Å². The van der Waals surface area contributed by atoms with Crippen molar-refractivity contribution in [3.8, 4) is 0 Å². The fourth-order valence-electron chi connectivity index (χ4n) is 1.19. The Morgan fingerprint density at radius 2 is 2.17 bits per heavy atom. The van der Waals surface area contributed by atoms with Crippen LogP contribution in [0.1, 0.15) is 31.9 Å². The normalized spacial score (nSPS) is 13.7. The SMILES string of the molecule is CCC(C)OC(=O)C(C(=O)O)c1cncc(Cl)n1. The van der Waals surface area contributed by atoms with Gasteiger partial charge in [-0.1, -0.05) is 18.5 Å². The van der Waals surface area contributed by atoms with Gasteiger partial charge in [0.1, 0.15) is 5.15 Å². The van der Waals surface area contributed by atoms with Gasteiger partial charge in [0.05, 0.1) is 18.0 Å². The lowest BCUT2D eigenvalue weighted by Gasteiger charge is -2.15. The Kier molecular flexibility index (Phi) is 5.03. The van der Waals surface area contributed by atoms with Gasteiger partial charge in [-0.2, -0.15) is 0 Å².